The molecule has 0 aliphatic carbocycles. The first-order chi connectivity index (χ1) is 11.3. The van der Waals surface area contributed by atoms with Gasteiger partial charge < -0.3 is 4.74 Å². The van der Waals surface area contributed by atoms with E-state index in [4.69, 9.17) is 10.00 Å². The Morgan fingerprint density at radius 3 is 2.43 bits per heavy atom. The highest BCUT2D eigenvalue weighted by Gasteiger charge is 2.04. The van der Waals surface area contributed by atoms with Crippen molar-refractivity contribution in [3.63, 3.8) is 0 Å². The number of nitrogens with zero attached hydrogens (tertiary/aromatic N) is 3. The van der Waals surface area contributed by atoms with Crippen molar-refractivity contribution >= 4 is 0 Å². The molecule has 3 aromatic rings. The summed E-state index contributed by atoms with van der Waals surface area (Å²) in [6, 6.07) is 21.5. The lowest BCUT2D eigenvalue weighted by atomic mass is 10.1. The SMILES string of the molecule is N#CCc1ccc(-c2nccc(OCc3ccccc3)n2)cc1. The normalized spacial score (nSPS) is 10.0. The largest absolute Gasteiger partial charge is 0.473 e. The van der Waals surface area contributed by atoms with Gasteiger partial charge in [0.1, 0.15) is 6.61 Å². The van der Waals surface area contributed by atoms with Crippen LogP contribution >= 0.6 is 0 Å². The highest BCUT2D eigenvalue weighted by atomic mass is 16.5. The van der Waals surface area contributed by atoms with Crippen LogP contribution in [0.4, 0.5) is 0 Å². The van der Waals surface area contributed by atoms with E-state index in [1.165, 1.54) is 0 Å². The maximum atomic E-state index is 8.70. The number of nitriles is 1. The van der Waals surface area contributed by atoms with E-state index in [1.807, 2.05) is 54.6 Å². The molecule has 1 heterocycles. The second-order valence-corrected chi connectivity index (χ2v) is 5.02. The minimum absolute atomic E-state index is 0.404. The molecule has 0 bridgehead atoms. The lowest BCUT2D eigenvalue weighted by Gasteiger charge is -2.07. The zero-order chi connectivity index (χ0) is 15.9. The van der Waals surface area contributed by atoms with Gasteiger partial charge in [-0.1, -0.05) is 54.6 Å². The maximum absolute atomic E-state index is 8.70. The number of rotatable bonds is 5. The van der Waals surface area contributed by atoms with Crippen molar-refractivity contribution in [2.75, 3.05) is 0 Å². The van der Waals surface area contributed by atoms with Crippen LogP contribution in [0.3, 0.4) is 0 Å². The molecule has 0 N–H and O–H groups in total. The van der Waals surface area contributed by atoms with Crippen molar-refractivity contribution in [3.05, 3.63) is 78.0 Å². The van der Waals surface area contributed by atoms with Crippen LogP contribution in [0.25, 0.3) is 11.4 Å². The Balaban J connectivity index is 1.73. The second-order valence-electron chi connectivity index (χ2n) is 5.02. The van der Waals surface area contributed by atoms with Crippen LogP contribution in [0.2, 0.25) is 0 Å². The van der Waals surface area contributed by atoms with Gasteiger partial charge in [0.25, 0.3) is 0 Å². The summed E-state index contributed by atoms with van der Waals surface area (Å²) in [6.45, 7) is 0.471. The highest BCUT2D eigenvalue weighted by Crippen LogP contribution is 2.18. The summed E-state index contributed by atoms with van der Waals surface area (Å²) < 4.78 is 5.72. The average molecular weight is 301 g/mol. The van der Waals surface area contributed by atoms with Crippen LogP contribution in [0.1, 0.15) is 11.1 Å². The van der Waals surface area contributed by atoms with E-state index in [1.54, 1.807) is 12.3 Å². The fraction of sp³-hybridized carbons (Fsp3) is 0.105. The molecule has 0 saturated carbocycles. The van der Waals surface area contributed by atoms with Crippen molar-refractivity contribution in [3.8, 4) is 23.3 Å². The van der Waals surface area contributed by atoms with Crippen molar-refractivity contribution in [2.24, 2.45) is 0 Å². The molecule has 4 nitrogen and oxygen atoms in total. The number of benzene rings is 2. The molecule has 23 heavy (non-hydrogen) atoms. The quantitative estimate of drug-likeness (QED) is 0.719. The van der Waals surface area contributed by atoms with E-state index >= 15 is 0 Å². The molecule has 0 aliphatic rings. The molecular weight excluding hydrogens is 286 g/mol. The van der Waals surface area contributed by atoms with Crippen molar-refractivity contribution in [1.29, 1.82) is 5.26 Å². The van der Waals surface area contributed by atoms with Gasteiger partial charge in [0, 0.05) is 17.8 Å². The van der Waals surface area contributed by atoms with E-state index in [9.17, 15) is 0 Å². The predicted molar refractivity (Wildman–Crippen MR) is 87.6 cm³/mol. The van der Waals surface area contributed by atoms with Crippen molar-refractivity contribution < 1.29 is 4.74 Å². The molecule has 112 valence electrons. The molecule has 0 unspecified atom stereocenters. The van der Waals surface area contributed by atoms with Crippen molar-refractivity contribution in [1.82, 2.24) is 9.97 Å². The van der Waals surface area contributed by atoms with E-state index < -0.39 is 0 Å². The minimum Gasteiger partial charge on any atom is -0.473 e. The molecule has 0 fully saturated rings. The minimum atomic E-state index is 0.404. The van der Waals surface area contributed by atoms with Gasteiger partial charge in [-0.25, -0.2) is 4.98 Å². The lowest BCUT2D eigenvalue weighted by Crippen LogP contribution is -1.99. The smallest absolute Gasteiger partial charge is 0.217 e. The molecule has 0 radical (unpaired) electrons. The second kappa shape index (κ2) is 7.19. The first kappa shape index (κ1) is 14.7. The average Bonchev–Trinajstić information content (AvgIpc) is 2.62. The Labute approximate surface area is 135 Å². The fourth-order valence-corrected chi connectivity index (χ4v) is 2.16. The zero-order valence-electron chi connectivity index (χ0n) is 12.5. The molecule has 0 atom stereocenters. The molecule has 3 rings (SSSR count). The van der Waals surface area contributed by atoms with E-state index in [-0.39, 0.29) is 0 Å². The Kier molecular flexibility index (Phi) is 4.61. The Bertz CT molecular complexity index is 808. The Morgan fingerprint density at radius 2 is 1.70 bits per heavy atom. The third-order valence-corrected chi connectivity index (χ3v) is 3.35. The van der Waals surface area contributed by atoms with Gasteiger partial charge in [-0.3, -0.25) is 0 Å². The van der Waals surface area contributed by atoms with E-state index in [2.05, 4.69) is 16.0 Å². The summed E-state index contributed by atoms with van der Waals surface area (Å²) in [7, 11) is 0. The fourth-order valence-electron chi connectivity index (χ4n) is 2.16. The summed E-state index contributed by atoms with van der Waals surface area (Å²) >= 11 is 0. The highest BCUT2D eigenvalue weighted by molar-refractivity contribution is 5.55. The summed E-state index contributed by atoms with van der Waals surface area (Å²) in [5, 5.41) is 8.70. The summed E-state index contributed by atoms with van der Waals surface area (Å²) in [5.74, 6) is 1.15. The number of hydrogen-bond donors (Lipinski definition) is 0. The first-order valence-corrected chi connectivity index (χ1v) is 7.31. The molecule has 0 aliphatic heterocycles. The molecule has 1 aromatic heterocycles. The summed E-state index contributed by atoms with van der Waals surface area (Å²) in [4.78, 5) is 8.72. The molecule has 2 aromatic carbocycles. The third-order valence-electron chi connectivity index (χ3n) is 3.35. The van der Waals surface area contributed by atoms with Gasteiger partial charge in [-0.2, -0.15) is 10.2 Å². The Morgan fingerprint density at radius 1 is 0.913 bits per heavy atom. The van der Waals surface area contributed by atoms with Gasteiger partial charge in [0.2, 0.25) is 5.88 Å². The van der Waals surface area contributed by atoms with Crippen LogP contribution in [0, 0.1) is 11.3 Å². The Hall–Kier alpha value is -3.19. The van der Waals surface area contributed by atoms with Crippen LogP contribution in [0.5, 0.6) is 5.88 Å². The topological polar surface area (TPSA) is 58.8 Å². The van der Waals surface area contributed by atoms with Gasteiger partial charge in [-0.15, -0.1) is 0 Å². The maximum Gasteiger partial charge on any atom is 0.217 e. The third kappa shape index (κ3) is 3.92. The van der Waals surface area contributed by atoms with Gasteiger partial charge in [0.05, 0.1) is 12.5 Å². The van der Waals surface area contributed by atoms with Crippen LogP contribution < -0.4 is 4.74 Å². The molecular formula is C19H15N3O. The monoisotopic (exact) mass is 301 g/mol. The number of hydrogen-bond acceptors (Lipinski definition) is 4. The lowest BCUT2D eigenvalue weighted by molar-refractivity contribution is 0.293. The molecule has 4 heteroatoms. The van der Waals surface area contributed by atoms with Crippen LogP contribution in [-0.4, -0.2) is 9.97 Å². The first-order valence-electron chi connectivity index (χ1n) is 7.31. The van der Waals surface area contributed by atoms with Crippen LogP contribution in [-0.2, 0) is 13.0 Å². The molecule has 0 spiro atoms. The van der Waals surface area contributed by atoms with Crippen molar-refractivity contribution in [2.45, 2.75) is 13.0 Å². The van der Waals surface area contributed by atoms with Gasteiger partial charge >= 0.3 is 0 Å². The van der Waals surface area contributed by atoms with E-state index in [0.29, 0.717) is 24.7 Å². The number of aromatic nitrogens is 2. The predicted octanol–water partition coefficient (Wildman–Crippen LogP) is 3.79. The zero-order valence-corrected chi connectivity index (χ0v) is 12.5. The summed E-state index contributed by atoms with van der Waals surface area (Å²) in [6.07, 6.45) is 2.09. The molecule has 0 saturated heterocycles. The van der Waals surface area contributed by atoms with Crippen LogP contribution in [0.15, 0.2) is 66.9 Å². The van der Waals surface area contributed by atoms with E-state index in [0.717, 1.165) is 16.7 Å². The molecule has 0 amide bonds. The van der Waals surface area contributed by atoms with Gasteiger partial charge in [-0.05, 0) is 11.1 Å². The standard InChI is InChI=1S/C19H15N3O/c20-12-10-15-6-8-17(9-7-15)19-21-13-11-18(22-19)23-14-16-4-2-1-3-5-16/h1-9,11,13H,10,14H2. The summed E-state index contributed by atoms with van der Waals surface area (Å²) in [5.41, 5.74) is 2.97. The van der Waals surface area contributed by atoms with Gasteiger partial charge in [0.15, 0.2) is 5.82 Å². The number of ether oxygens (including phenoxy) is 1.